The van der Waals surface area contributed by atoms with Gasteiger partial charge in [-0.2, -0.15) is 0 Å². The van der Waals surface area contributed by atoms with Crippen LogP contribution in [0.15, 0.2) is 41.6 Å². The van der Waals surface area contributed by atoms with Crippen LogP contribution in [0.2, 0.25) is 0 Å². The molecule has 0 bridgehead atoms. The Morgan fingerprint density at radius 2 is 2.18 bits per heavy atom. The molecule has 0 spiro atoms. The molecule has 0 saturated carbocycles. The molecule has 1 saturated heterocycles. The summed E-state index contributed by atoms with van der Waals surface area (Å²) in [5.74, 6) is 4.87. The molecule has 1 aromatic heterocycles. The first-order valence-corrected chi connectivity index (χ1v) is 10.3. The minimum atomic E-state index is -0.603. The molecule has 0 radical (unpaired) electrons. The van der Waals surface area contributed by atoms with E-state index in [1.54, 1.807) is 24.3 Å². The van der Waals surface area contributed by atoms with Crippen LogP contribution in [0.1, 0.15) is 18.5 Å². The SMILES string of the molecule is CN(N)/N=C(\N)c1ccc(-c2ccc(N3C[C@H](CNC(=O)CCCN)OC3=O)cc2F)cn1. The molecule has 11 nitrogen and oxygen atoms in total. The molecule has 2 aromatic rings. The fourth-order valence-electron chi connectivity index (χ4n) is 3.25. The Balaban J connectivity index is 1.67. The van der Waals surface area contributed by atoms with E-state index in [2.05, 4.69) is 15.4 Å². The van der Waals surface area contributed by atoms with Crippen molar-refractivity contribution in [3.63, 3.8) is 0 Å². The lowest BCUT2D eigenvalue weighted by molar-refractivity contribution is -0.121. The Morgan fingerprint density at radius 1 is 1.39 bits per heavy atom. The highest BCUT2D eigenvalue weighted by molar-refractivity contribution is 5.95. The lowest BCUT2D eigenvalue weighted by Crippen LogP contribution is -2.34. The van der Waals surface area contributed by atoms with Gasteiger partial charge in [0.25, 0.3) is 0 Å². The van der Waals surface area contributed by atoms with Gasteiger partial charge in [0.15, 0.2) is 5.84 Å². The standard InChI is InChI=1S/C21H27FN8O3/c1-29(25)28-20(24)18-7-4-13(10-26-18)16-6-5-14(9-17(16)22)30-12-15(33-21(30)32)11-27-19(31)3-2-8-23/h4-7,9-10,15H,2-3,8,11-12,23,25H2,1H3,(H2,24,28)(H,27,31)/t15-/m0/s1. The Hall–Kier alpha value is -3.77. The molecule has 1 atom stereocenters. The molecule has 0 unspecified atom stereocenters. The number of amidine groups is 1. The van der Waals surface area contributed by atoms with Gasteiger partial charge in [0.1, 0.15) is 17.6 Å². The highest BCUT2D eigenvalue weighted by Crippen LogP contribution is 2.28. The van der Waals surface area contributed by atoms with Gasteiger partial charge in [0.2, 0.25) is 5.91 Å². The number of aromatic nitrogens is 1. The second-order valence-electron chi connectivity index (χ2n) is 7.47. The summed E-state index contributed by atoms with van der Waals surface area (Å²) in [4.78, 5) is 29.5. The molecule has 1 aliphatic heterocycles. The Bertz CT molecular complexity index is 1030. The number of nitrogens with zero attached hydrogens (tertiary/aromatic N) is 4. The Morgan fingerprint density at radius 3 is 2.82 bits per heavy atom. The van der Waals surface area contributed by atoms with E-state index < -0.39 is 18.0 Å². The average Bonchev–Trinajstić information content (AvgIpc) is 3.16. The number of rotatable bonds is 9. The van der Waals surface area contributed by atoms with Crippen molar-refractivity contribution in [3.8, 4) is 11.1 Å². The molecule has 2 amide bonds. The Kier molecular flexibility index (Phi) is 7.74. The molecule has 1 aromatic carbocycles. The molecule has 3 rings (SSSR count). The number of anilines is 1. The maximum absolute atomic E-state index is 14.9. The van der Waals surface area contributed by atoms with Crippen LogP contribution >= 0.6 is 0 Å². The van der Waals surface area contributed by atoms with Crippen molar-refractivity contribution < 1.29 is 18.7 Å². The fraction of sp³-hybridized carbons (Fsp3) is 0.333. The summed E-state index contributed by atoms with van der Waals surface area (Å²) < 4.78 is 20.2. The monoisotopic (exact) mass is 458 g/mol. The third-order valence-corrected chi connectivity index (χ3v) is 4.88. The number of hydrazone groups is 1. The van der Waals surface area contributed by atoms with E-state index in [0.717, 1.165) is 5.12 Å². The van der Waals surface area contributed by atoms with Gasteiger partial charge in [-0.15, -0.1) is 5.10 Å². The number of benzene rings is 1. The van der Waals surface area contributed by atoms with Crippen LogP contribution in [0.4, 0.5) is 14.9 Å². The van der Waals surface area contributed by atoms with Crippen molar-refractivity contribution in [2.45, 2.75) is 18.9 Å². The molecule has 176 valence electrons. The van der Waals surface area contributed by atoms with E-state index in [1.807, 2.05) is 0 Å². The first kappa shape index (κ1) is 23.9. The molecule has 7 N–H and O–H groups in total. The van der Waals surface area contributed by atoms with Crippen LogP contribution in [0.5, 0.6) is 0 Å². The summed E-state index contributed by atoms with van der Waals surface area (Å²) in [5, 5.41) is 7.64. The third-order valence-electron chi connectivity index (χ3n) is 4.88. The summed E-state index contributed by atoms with van der Waals surface area (Å²) in [6.45, 7) is 0.797. The van der Waals surface area contributed by atoms with E-state index in [4.69, 9.17) is 22.0 Å². The molecule has 0 aliphatic carbocycles. The number of pyridine rings is 1. The highest BCUT2D eigenvalue weighted by Gasteiger charge is 2.32. The average molecular weight is 458 g/mol. The van der Waals surface area contributed by atoms with Crippen LogP contribution in [0, 0.1) is 5.82 Å². The first-order valence-electron chi connectivity index (χ1n) is 10.3. The summed E-state index contributed by atoms with van der Waals surface area (Å²) >= 11 is 0. The van der Waals surface area contributed by atoms with Crippen LogP contribution in [-0.2, 0) is 9.53 Å². The number of cyclic esters (lactones) is 1. The summed E-state index contributed by atoms with van der Waals surface area (Å²) in [7, 11) is 1.52. The number of amides is 2. The van der Waals surface area contributed by atoms with E-state index in [0.29, 0.717) is 41.9 Å². The smallest absolute Gasteiger partial charge is 0.414 e. The van der Waals surface area contributed by atoms with Gasteiger partial charge in [0.05, 0.1) is 18.8 Å². The van der Waals surface area contributed by atoms with E-state index in [9.17, 15) is 14.0 Å². The van der Waals surface area contributed by atoms with Gasteiger partial charge >= 0.3 is 6.09 Å². The van der Waals surface area contributed by atoms with Gasteiger partial charge in [-0.3, -0.25) is 14.7 Å². The topological polar surface area (TPSA) is 165 Å². The quantitative estimate of drug-likeness (QED) is 0.182. The van der Waals surface area contributed by atoms with Gasteiger partial charge in [-0.1, -0.05) is 6.07 Å². The number of hydrogen-bond donors (Lipinski definition) is 4. The van der Waals surface area contributed by atoms with Crippen LogP contribution in [-0.4, -0.2) is 60.7 Å². The van der Waals surface area contributed by atoms with Crippen molar-refractivity contribution in [2.24, 2.45) is 22.4 Å². The molecule has 1 fully saturated rings. The van der Waals surface area contributed by atoms with Crippen molar-refractivity contribution in [2.75, 3.05) is 31.6 Å². The van der Waals surface area contributed by atoms with Gasteiger partial charge < -0.3 is 21.5 Å². The van der Waals surface area contributed by atoms with Gasteiger partial charge in [-0.05, 0) is 37.2 Å². The second kappa shape index (κ2) is 10.7. The highest BCUT2D eigenvalue weighted by atomic mass is 19.1. The van der Waals surface area contributed by atoms with Crippen LogP contribution < -0.4 is 27.5 Å². The van der Waals surface area contributed by atoms with Crippen molar-refractivity contribution in [1.82, 2.24) is 15.4 Å². The lowest BCUT2D eigenvalue weighted by atomic mass is 10.1. The first-order chi connectivity index (χ1) is 15.8. The van der Waals surface area contributed by atoms with Gasteiger partial charge in [-0.25, -0.2) is 20.1 Å². The summed E-state index contributed by atoms with van der Waals surface area (Å²) in [6.07, 6.45) is 1.23. The number of carbonyl (C=O) groups excluding carboxylic acids is 2. The number of hydrogen-bond acceptors (Lipinski definition) is 8. The molecule has 1 aliphatic rings. The normalized spacial score (nSPS) is 16.0. The number of halogens is 1. The predicted molar refractivity (Wildman–Crippen MR) is 121 cm³/mol. The van der Waals surface area contributed by atoms with Crippen LogP contribution in [0.25, 0.3) is 11.1 Å². The van der Waals surface area contributed by atoms with Crippen molar-refractivity contribution in [1.29, 1.82) is 0 Å². The van der Waals surface area contributed by atoms with Crippen LogP contribution in [0.3, 0.4) is 0 Å². The minimum absolute atomic E-state index is 0.125. The van der Waals surface area contributed by atoms with Crippen molar-refractivity contribution >= 4 is 23.5 Å². The van der Waals surface area contributed by atoms with E-state index in [-0.39, 0.29) is 24.8 Å². The number of nitrogens with one attached hydrogen (secondary N) is 1. The minimum Gasteiger partial charge on any atom is -0.442 e. The summed E-state index contributed by atoms with van der Waals surface area (Å²) in [5.41, 5.74) is 12.8. The van der Waals surface area contributed by atoms with Gasteiger partial charge in [0, 0.05) is 30.8 Å². The van der Waals surface area contributed by atoms with E-state index >= 15 is 0 Å². The maximum Gasteiger partial charge on any atom is 0.414 e. The number of hydrazine groups is 1. The number of nitrogens with two attached hydrogens (primary N) is 3. The zero-order valence-corrected chi connectivity index (χ0v) is 18.2. The lowest BCUT2D eigenvalue weighted by Gasteiger charge is -2.15. The molecule has 12 heteroatoms. The predicted octanol–water partition coefficient (Wildman–Crippen LogP) is 0.494. The van der Waals surface area contributed by atoms with Crippen molar-refractivity contribution in [3.05, 3.63) is 48.0 Å². The third kappa shape index (κ3) is 6.14. The van der Waals surface area contributed by atoms with E-state index in [1.165, 1.54) is 24.2 Å². The molecular formula is C21H27FN8O3. The fourth-order valence-corrected chi connectivity index (χ4v) is 3.25. The Labute approximate surface area is 190 Å². The molecule has 33 heavy (non-hydrogen) atoms. The summed E-state index contributed by atoms with van der Waals surface area (Å²) in [6, 6.07) is 7.70. The maximum atomic E-state index is 14.9. The largest absolute Gasteiger partial charge is 0.442 e. The second-order valence-corrected chi connectivity index (χ2v) is 7.47. The number of carbonyl (C=O) groups is 2. The molecular weight excluding hydrogens is 431 g/mol. The number of ether oxygens (including phenoxy) is 1. The zero-order valence-electron chi connectivity index (χ0n) is 18.2. The zero-order chi connectivity index (χ0) is 24.0. The molecule has 2 heterocycles.